The van der Waals surface area contributed by atoms with E-state index in [1.54, 1.807) is 21.7 Å². The highest BCUT2D eigenvalue weighted by Gasteiger charge is 2.30. The standard InChI is InChI=1S/C23H20ClN7O4/c24-16-5-3-4-14(12-16)13-30-21-19(27-28-30)22(32)26-20(25-21)15-8-10-29(11-9-15)23(33)17-6-1-2-7-18(17)31(34)35/h1-7,12,15H,8-11,13H2,(H,25,26,32). The number of carbonyl (C=O) groups excluding carboxylic acids is 1. The van der Waals surface area contributed by atoms with Gasteiger partial charge in [-0.15, -0.1) is 5.10 Å². The van der Waals surface area contributed by atoms with Crippen LogP contribution in [0.3, 0.4) is 0 Å². The van der Waals surface area contributed by atoms with Crippen molar-refractivity contribution < 1.29 is 9.72 Å². The Bertz CT molecular complexity index is 1490. The lowest BCUT2D eigenvalue weighted by molar-refractivity contribution is -0.385. The molecular formula is C23H20ClN7O4. The third-order valence-corrected chi connectivity index (χ3v) is 6.35. The number of fused-ring (bicyclic) bond motifs is 1. The Labute approximate surface area is 203 Å². The van der Waals surface area contributed by atoms with E-state index >= 15 is 0 Å². The first-order chi connectivity index (χ1) is 16.9. The predicted octanol–water partition coefficient (Wildman–Crippen LogP) is 3.14. The SMILES string of the molecule is O=C(c1ccccc1[N+](=O)[O-])N1CCC(c2nc3c(nnn3Cc3cccc(Cl)c3)c(=O)[nH]2)CC1. The number of rotatable bonds is 5. The topological polar surface area (TPSA) is 140 Å². The summed E-state index contributed by atoms with van der Waals surface area (Å²) in [5.74, 6) is 0.0443. The molecule has 0 spiro atoms. The number of amides is 1. The fraction of sp³-hybridized carbons (Fsp3) is 0.261. The largest absolute Gasteiger partial charge is 0.338 e. The fourth-order valence-corrected chi connectivity index (χ4v) is 4.54. The molecule has 0 aliphatic carbocycles. The van der Waals surface area contributed by atoms with Crippen molar-refractivity contribution in [3.8, 4) is 0 Å². The number of nitrogens with zero attached hydrogens (tertiary/aromatic N) is 6. The maximum absolute atomic E-state index is 12.9. The van der Waals surface area contributed by atoms with Crippen molar-refractivity contribution in [3.63, 3.8) is 0 Å². The first kappa shape index (κ1) is 22.7. The van der Waals surface area contributed by atoms with Crippen LogP contribution >= 0.6 is 11.6 Å². The normalized spacial score (nSPS) is 14.4. The van der Waals surface area contributed by atoms with Gasteiger partial charge in [-0.25, -0.2) is 9.67 Å². The molecule has 3 heterocycles. The fourth-order valence-electron chi connectivity index (χ4n) is 4.33. The van der Waals surface area contributed by atoms with Gasteiger partial charge in [-0.1, -0.05) is 41.1 Å². The maximum atomic E-state index is 12.9. The van der Waals surface area contributed by atoms with Crippen LogP contribution in [0.5, 0.6) is 0 Å². The number of aromatic nitrogens is 5. The first-order valence-electron chi connectivity index (χ1n) is 11.0. The molecular weight excluding hydrogens is 474 g/mol. The molecule has 1 aliphatic heterocycles. The maximum Gasteiger partial charge on any atom is 0.282 e. The number of carbonyl (C=O) groups is 1. The third-order valence-electron chi connectivity index (χ3n) is 6.11. The summed E-state index contributed by atoms with van der Waals surface area (Å²) < 4.78 is 1.56. The average Bonchev–Trinajstić information content (AvgIpc) is 3.27. The molecule has 1 fully saturated rings. The minimum absolute atomic E-state index is 0.0693. The summed E-state index contributed by atoms with van der Waals surface area (Å²) in [4.78, 5) is 45.4. The van der Waals surface area contributed by atoms with Gasteiger partial charge in [-0.2, -0.15) is 0 Å². The molecule has 4 aromatic rings. The molecule has 0 bridgehead atoms. The number of piperidine rings is 1. The molecule has 2 aromatic heterocycles. The van der Waals surface area contributed by atoms with Gasteiger partial charge < -0.3 is 9.88 Å². The van der Waals surface area contributed by atoms with E-state index in [0.717, 1.165) is 5.56 Å². The second-order valence-electron chi connectivity index (χ2n) is 8.34. The molecule has 1 aliphatic rings. The van der Waals surface area contributed by atoms with Crippen LogP contribution in [-0.4, -0.2) is 53.8 Å². The minimum Gasteiger partial charge on any atom is -0.338 e. The lowest BCUT2D eigenvalue weighted by atomic mass is 9.95. The second-order valence-corrected chi connectivity index (χ2v) is 8.78. The van der Waals surface area contributed by atoms with Gasteiger partial charge in [0.05, 0.1) is 11.5 Å². The van der Waals surface area contributed by atoms with Crippen LogP contribution < -0.4 is 5.56 Å². The molecule has 1 amide bonds. The zero-order valence-corrected chi connectivity index (χ0v) is 19.2. The zero-order valence-electron chi connectivity index (χ0n) is 18.4. The number of aromatic amines is 1. The second kappa shape index (κ2) is 9.26. The molecule has 5 rings (SSSR count). The van der Waals surface area contributed by atoms with Crippen LogP contribution in [0.2, 0.25) is 5.02 Å². The van der Waals surface area contributed by atoms with Gasteiger partial charge in [-0.05, 0) is 36.6 Å². The third kappa shape index (κ3) is 4.50. The highest BCUT2D eigenvalue weighted by molar-refractivity contribution is 6.30. The van der Waals surface area contributed by atoms with Crippen LogP contribution in [0.25, 0.3) is 11.2 Å². The summed E-state index contributed by atoms with van der Waals surface area (Å²) in [5.41, 5.74) is 0.911. The van der Waals surface area contributed by atoms with E-state index < -0.39 is 4.92 Å². The molecule has 0 atom stereocenters. The summed E-state index contributed by atoms with van der Waals surface area (Å²) in [6, 6.07) is 13.3. The lowest BCUT2D eigenvalue weighted by Crippen LogP contribution is -2.38. The Morgan fingerprint density at radius 2 is 1.94 bits per heavy atom. The van der Waals surface area contributed by atoms with Gasteiger partial charge in [0.1, 0.15) is 11.4 Å². The molecule has 1 saturated heterocycles. The van der Waals surface area contributed by atoms with Crippen molar-refractivity contribution in [1.29, 1.82) is 0 Å². The Kier molecular flexibility index (Phi) is 6.00. The molecule has 178 valence electrons. The summed E-state index contributed by atoms with van der Waals surface area (Å²) >= 11 is 6.08. The monoisotopic (exact) mass is 493 g/mol. The Balaban J connectivity index is 1.35. The highest BCUT2D eigenvalue weighted by atomic mass is 35.5. The van der Waals surface area contributed by atoms with Crippen LogP contribution in [0.4, 0.5) is 5.69 Å². The Morgan fingerprint density at radius 1 is 1.17 bits per heavy atom. The van der Waals surface area contributed by atoms with Crippen LogP contribution in [0, 0.1) is 10.1 Å². The van der Waals surface area contributed by atoms with Gasteiger partial charge in [0.2, 0.25) is 0 Å². The van der Waals surface area contributed by atoms with E-state index in [1.165, 1.54) is 18.2 Å². The number of H-pyrrole nitrogens is 1. The summed E-state index contributed by atoms with van der Waals surface area (Å²) in [5, 5.41) is 20.0. The van der Waals surface area contributed by atoms with Crippen LogP contribution in [0.15, 0.2) is 53.3 Å². The molecule has 1 N–H and O–H groups in total. The molecule has 0 unspecified atom stereocenters. The number of likely N-dealkylation sites (tertiary alicyclic amines) is 1. The molecule has 12 heteroatoms. The van der Waals surface area contributed by atoms with Crippen molar-refractivity contribution in [2.45, 2.75) is 25.3 Å². The van der Waals surface area contributed by atoms with Crippen molar-refractivity contribution in [2.75, 3.05) is 13.1 Å². The van der Waals surface area contributed by atoms with E-state index in [4.69, 9.17) is 11.6 Å². The summed E-state index contributed by atoms with van der Waals surface area (Å²) in [6.07, 6.45) is 1.10. The number of benzene rings is 2. The number of nitrogens with one attached hydrogen (secondary N) is 1. The van der Waals surface area contributed by atoms with E-state index in [0.29, 0.717) is 49.0 Å². The van der Waals surface area contributed by atoms with E-state index in [-0.39, 0.29) is 34.2 Å². The summed E-state index contributed by atoms with van der Waals surface area (Å²) in [6.45, 7) is 1.13. The van der Waals surface area contributed by atoms with Gasteiger partial charge in [0.25, 0.3) is 17.2 Å². The summed E-state index contributed by atoms with van der Waals surface area (Å²) in [7, 11) is 0. The van der Waals surface area contributed by atoms with Crippen molar-refractivity contribution >= 4 is 34.4 Å². The molecule has 2 aromatic carbocycles. The van der Waals surface area contributed by atoms with Crippen molar-refractivity contribution in [1.82, 2.24) is 29.9 Å². The first-order valence-corrected chi connectivity index (χ1v) is 11.4. The Morgan fingerprint density at radius 3 is 2.69 bits per heavy atom. The molecule has 11 nitrogen and oxygen atoms in total. The van der Waals surface area contributed by atoms with Crippen molar-refractivity contribution in [2.24, 2.45) is 0 Å². The quantitative estimate of drug-likeness (QED) is 0.332. The van der Waals surface area contributed by atoms with Gasteiger partial charge in [0, 0.05) is 30.1 Å². The van der Waals surface area contributed by atoms with E-state index in [9.17, 15) is 19.7 Å². The smallest absolute Gasteiger partial charge is 0.282 e. The van der Waals surface area contributed by atoms with Gasteiger partial charge in [0.15, 0.2) is 11.2 Å². The predicted molar refractivity (Wildman–Crippen MR) is 127 cm³/mol. The highest BCUT2D eigenvalue weighted by Crippen LogP contribution is 2.28. The van der Waals surface area contributed by atoms with Gasteiger partial charge >= 0.3 is 0 Å². The number of hydrogen-bond donors (Lipinski definition) is 1. The number of hydrogen-bond acceptors (Lipinski definition) is 7. The average molecular weight is 494 g/mol. The molecule has 35 heavy (non-hydrogen) atoms. The minimum atomic E-state index is -0.551. The van der Waals surface area contributed by atoms with Gasteiger partial charge in [-0.3, -0.25) is 19.7 Å². The van der Waals surface area contributed by atoms with Crippen LogP contribution in [0.1, 0.15) is 40.5 Å². The lowest BCUT2D eigenvalue weighted by Gasteiger charge is -2.31. The van der Waals surface area contributed by atoms with Crippen LogP contribution in [-0.2, 0) is 6.54 Å². The molecule has 0 saturated carbocycles. The zero-order chi connectivity index (χ0) is 24.5. The molecule has 0 radical (unpaired) electrons. The van der Waals surface area contributed by atoms with E-state index in [1.807, 2.05) is 18.2 Å². The number of nitro benzene ring substituents is 1. The van der Waals surface area contributed by atoms with E-state index in [2.05, 4.69) is 20.3 Å². The number of para-hydroxylation sites is 1. The number of halogens is 1. The van der Waals surface area contributed by atoms with Crippen molar-refractivity contribution in [3.05, 3.63) is 91.0 Å². The Hall–Kier alpha value is -4.12. The number of nitro groups is 1.